The average molecular weight is 278 g/mol. The first kappa shape index (κ1) is 14.6. The Kier molecular flexibility index (Phi) is 4.38. The third kappa shape index (κ3) is 3.61. The molecule has 3 nitrogen and oxygen atoms in total. The molecule has 2 rings (SSSR count). The van der Waals surface area contributed by atoms with Gasteiger partial charge in [0, 0.05) is 25.0 Å². The number of piperidine rings is 2. The summed E-state index contributed by atoms with van der Waals surface area (Å²) in [6.45, 7) is 3.10. The monoisotopic (exact) mass is 278 g/mol. The molecule has 0 aromatic carbocycles. The SMILES string of the molecule is C[C@H]1C[C@@H](C(=O)N2CCCC(C(F)(F)F)C2)CCN1. The van der Waals surface area contributed by atoms with Gasteiger partial charge < -0.3 is 10.2 Å². The van der Waals surface area contributed by atoms with Gasteiger partial charge in [-0.1, -0.05) is 0 Å². The molecule has 2 heterocycles. The maximum Gasteiger partial charge on any atom is 0.393 e. The molecule has 0 aliphatic carbocycles. The minimum absolute atomic E-state index is 0.0812. The Morgan fingerprint density at radius 1 is 1.32 bits per heavy atom. The number of likely N-dealkylation sites (tertiary alicyclic amines) is 1. The largest absolute Gasteiger partial charge is 0.393 e. The smallest absolute Gasteiger partial charge is 0.342 e. The minimum atomic E-state index is -4.18. The van der Waals surface area contributed by atoms with Gasteiger partial charge in [0.25, 0.3) is 0 Å². The number of hydrogen-bond acceptors (Lipinski definition) is 2. The van der Waals surface area contributed by atoms with Crippen LogP contribution in [0.4, 0.5) is 13.2 Å². The molecule has 2 fully saturated rings. The average Bonchev–Trinajstić information content (AvgIpc) is 2.37. The quantitative estimate of drug-likeness (QED) is 0.797. The van der Waals surface area contributed by atoms with E-state index in [-0.39, 0.29) is 30.8 Å². The van der Waals surface area contributed by atoms with Crippen molar-refractivity contribution in [2.75, 3.05) is 19.6 Å². The molecule has 19 heavy (non-hydrogen) atoms. The molecule has 0 radical (unpaired) electrons. The minimum Gasteiger partial charge on any atom is -0.342 e. The first-order valence-corrected chi connectivity index (χ1v) is 6.97. The van der Waals surface area contributed by atoms with E-state index in [9.17, 15) is 18.0 Å². The molecule has 0 aromatic rings. The predicted molar refractivity (Wildman–Crippen MR) is 65.5 cm³/mol. The van der Waals surface area contributed by atoms with Crippen LogP contribution in [0.15, 0.2) is 0 Å². The maximum absolute atomic E-state index is 12.7. The van der Waals surface area contributed by atoms with Crippen molar-refractivity contribution in [3.05, 3.63) is 0 Å². The van der Waals surface area contributed by atoms with Crippen LogP contribution >= 0.6 is 0 Å². The Hall–Kier alpha value is -0.780. The lowest BCUT2D eigenvalue weighted by atomic mass is 9.90. The zero-order valence-corrected chi connectivity index (χ0v) is 11.2. The van der Waals surface area contributed by atoms with Gasteiger partial charge in [0.05, 0.1) is 5.92 Å². The highest BCUT2D eigenvalue weighted by atomic mass is 19.4. The molecule has 0 bridgehead atoms. The van der Waals surface area contributed by atoms with E-state index in [0.29, 0.717) is 13.0 Å². The molecule has 1 amide bonds. The second-order valence-electron chi connectivity index (χ2n) is 5.74. The van der Waals surface area contributed by atoms with Crippen LogP contribution in [0.1, 0.15) is 32.6 Å². The summed E-state index contributed by atoms with van der Waals surface area (Å²) in [7, 11) is 0. The predicted octanol–water partition coefficient (Wildman–Crippen LogP) is 2.18. The highest BCUT2D eigenvalue weighted by molar-refractivity contribution is 5.79. The molecular weight excluding hydrogens is 257 g/mol. The lowest BCUT2D eigenvalue weighted by molar-refractivity contribution is -0.188. The van der Waals surface area contributed by atoms with Gasteiger partial charge in [0.1, 0.15) is 0 Å². The Balaban J connectivity index is 1.95. The molecule has 0 spiro atoms. The third-order valence-electron chi connectivity index (χ3n) is 4.17. The molecule has 3 atom stereocenters. The van der Waals surface area contributed by atoms with Gasteiger partial charge in [0.15, 0.2) is 0 Å². The Bertz CT molecular complexity index is 332. The maximum atomic E-state index is 12.7. The summed E-state index contributed by atoms with van der Waals surface area (Å²) < 4.78 is 38.2. The van der Waals surface area contributed by atoms with Gasteiger partial charge in [-0.3, -0.25) is 4.79 Å². The van der Waals surface area contributed by atoms with E-state index in [1.807, 2.05) is 6.92 Å². The normalized spacial score (nSPS) is 33.3. The van der Waals surface area contributed by atoms with Crippen molar-refractivity contribution in [3.63, 3.8) is 0 Å². The highest BCUT2D eigenvalue weighted by Crippen LogP contribution is 2.34. The van der Waals surface area contributed by atoms with Gasteiger partial charge in [-0.05, 0) is 39.2 Å². The van der Waals surface area contributed by atoms with Crippen LogP contribution in [-0.4, -0.2) is 42.7 Å². The van der Waals surface area contributed by atoms with Crippen molar-refractivity contribution in [3.8, 4) is 0 Å². The zero-order chi connectivity index (χ0) is 14.0. The van der Waals surface area contributed by atoms with Gasteiger partial charge in [-0.2, -0.15) is 13.2 Å². The van der Waals surface area contributed by atoms with Crippen molar-refractivity contribution < 1.29 is 18.0 Å². The molecule has 2 saturated heterocycles. The summed E-state index contributed by atoms with van der Waals surface area (Å²) in [5.74, 6) is -1.53. The standard InChI is InChI=1S/C13H21F3N2O/c1-9-7-10(4-5-17-9)12(19)18-6-2-3-11(8-18)13(14,15)16/h9-11,17H,2-8H2,1H3/t9-,10-,11?/m0/s1. The van der Waals surface area contributed by atoms with Gasteiger partial charge in [-0.15, -0.1) is 0 Å². The first-order chi connectivity index (χ1) is 8.88. The van der Waals surface area contributed by atoms with Crippen molar-refractivity contribution in [2.45, 2.75) is 44.8 Å². The molecule has 0 saturated carbocycles. The van der Waals surface area contributed by atoms with Crippen molar-refractivity contribution >= 4 is 5.91 Å². The van der Waals surface area contributed by atoms with Crippen molar-refractivity contribution in [2.24, 2.45) is 11.8 Å². The molecule has 1 N–H and O–H groups in total. The number of halogens is 3. The second kappa shape index (κ2) is 5.69. The summed E-state index contributed by atoms with van der Waals surface area (Å²) >= 11 is 0. The fourth-order valence-corrected chi connectivity index (χ4v) is 3.06. The van der Waals surface area contributed by atoms with Crippen LogP contribution in [0.5, 0.6) is 0 Å². The van der Waals surface area contributed by atoms with Crippen LogP contribution in [0.3, 0.4) is 0 Å². The van der Waals surface area contributed by atoms with Gasteiger partial charge in [-0.25, -0.2) is 0 Å². The van der Waals surface area contributed by atoms with Crippen LogP contribution in [0, 0.1) is 11.8 Å². The summed E-state index contributed by atoms with van der Waals surface area (Å²) in [5.41, 5.74) is 0. The second-order valence-corrected chi connectivity index (χ2v) is 5.74. The molecule has 0 aromatic heterocycles. The first-order valence-electron chi connectivity index (χ1n) is 6.97. The summed E-state index contributed by atoms with van der Waals surface area (Å²) in [6, 6.07) is 0.269. The lowest BCUT2D eigenvalue weighted by Gasteiger charge is -2.37. The molecule has 1 unspecified atom stereocenters. The molecule has 6 heteroatoms. The Morgan fingerprint density at radius 2 is 2.05 bits per heavy atom. The van der Waals surface area contributed by atoms with E-state index in [1.54, 1.807) is 0 Å². The number of nitrogens with one attached hydrogen (secondary N) is 1. The topological polar surface area (TPSA) is 32.3 Å². The van der Waals surface area contributed by atoms with Crippen LogP contribution in [-0.2, 0) is 4.79 Å². The summed E-state index contributed by atoms with van der Waals surface area (Å²) in [6.07, 6.45) is -2.12. The number of amides is 1. The van der Waals surface area contributed by atoms with Crippen LogP contribution < -0.4 is 5.32 Å². The number of carbonyl (C=O) groups is 1. The van der Waals surface area contributed by atoms with E-state index < -0.39 is 12.1 Å². The van der Waals surface area contributed by atoms with Crippen LogP contribution in [0.25, 0.3) is 0 Å². The van der Waals surface area contributed by atoms with E-state index in [2.05, 4.69) is 5.32 Å². The van der Waals surface area contributed by atoms with Crippen molar-refractivity contribution in [1.29, 1.82) is 0 Å². The number of alkyl halides is 3. The van der Waals surface area contributed by atoms with E-state index in [0.717, 1.165) is 19.4 Å². The van der Waals surface area contributed by atoms with E-state index in [1.165, 1.54) is 4.90 Å². The molecule has 2 aliphatic rings. The summed E-state index contributed by atoms with van der Waals surface area (Å²) in [4.78, 5) is 13.7. The zero-order valence-electron chi connectivity index (χ0n) is 11.2. The number of carbonyl (C=O) groups excluding carboxylic acids is 1. The summed E-state index contributed by atoms with van der Waals surface area (Å²) in [5, 5.41) is 3.25. The number of nitrogens with zero attached hydrogens (tertiary/aromatic N) is 1. The Labute approximate surface area is 111 Å². The molecule has 2 aliphatic heterocycles. The molecular formula is C13H21F3N2O. The number of hydrogen-bond donors (Lipinski definition) is 1. The van der Waals surface area contributed by atoms with Crippen molar-refractivity contribution in [1.82, 2.24) is 10.2 Å². The van der Waals surface area contributed by atoms with E-state index in [4.69, 9.17) is 0 Å². The fourth-order valence-electron chi connectivity index (χ4n) is 3.06. The van der Waals surface area contributed by atoms with Crippen LogP contribution in [0.2, 0.25) is 0 Å². The lowest BCUT2D eigenvalue weighted by Crippen LogP contribution is -2.49. The van der Waals surface area contributed by atoms with E-state index >= 15 is 0 Å². The highest BCUT2D eigenvalue weighted by Gasteiger charge is 2.43. The van der Waals surface area contributed by atoms with Gasteiger partial charge in [0.2, 0.25) is 5.91 Å². The molecule has 110 valence electrons. The number of rotatable bonds is 1. The van der Waals surface area contributed by atoms with Gasteiger partial charge >= 0.3 is 6.18 Å². The fraction of sp³-hybridized carbons (Fsp3) is 0.923. The third-order valence-corrected chi connectivity index (χ3v) is 4.17. The Morgan fingerprint density at radius 3 is 2.68 bits per heavy atom.